The van der Waals surface area contributed by atoms with E-state index in [1.807, 2.05) is 24.4 Å². The molecule has 9 heteroatoms. The number of esters is 2. The Bertz CT molecular complexity index is 875. The van der Waals surface area contributed by atoms with Gasteiger partial charge in [0.15, 0.2) is 0 Å². The number of thiazole rings is 1. The Morgan fingerprint density at radius 2 is 1.76 bits per heavy atom. The fourth-order valence-electron chi connectivity index (χ4n) is 2.29. The van der Waals surface area contributed by atoms with Crippen LogP contribution < -0.4 is 4.74 Å². The Morgan fingerprint density at radius 3 is 2.34 bits per heavy atom. The van der Waals surface area contributed by atoms with E-state index in [1.165, 1.54) is 20.3 Å². The first-order valence-corrected chi connectivity index (χ1v) is 9.54. The second-order valence-corrected chi connectivity index (χ2v) is 6.93. The van der Waals surface area contributed by atoms with Crippen LogP contribution in [0.3, 0.4) is 0 Å². The molecule has 0 unspecified atom stereocenters. The van der Waals surface area contributed by atoms with Crippen molar-refractivity contribution in [1.82, 2.24) is 9.88 Å². The van der Waals surface area contributed by atoms with E-state index in [0.29, 0.717) is 17.9 Å². The van der Waals surface area contributed by atoms with Gasteiger partial charge in [0, 0.05) is 17.0 Å². The Morgan fingerprint density at radius 1 is 1.10 bits per heavy atom. The number of methoxy groups -OCH3 is 2. The minimum atomic E-state index is -0.641. The average Bonchev–Trinajstić information content (AvgIpc) is 3.15. The first kappa shape index (κ1) is 22.1. The molecule has 0 saturated carbocycles. The van der Waals surface area contributed by atoms with E-state index in [9.17, 15) is 14.4 Å². The molecule has 1 heterocycles. The molecule has 0 fully saturated rings. The van der Waals surface area contributed by atoms with Crippen LogP contribution in [0.5, 0.6) is 5.75 Å². The summed E-state index contributed by atoms with van der Waals surface area (Å²) in [6.45, 7) is 1.50. The molecule has 0 N–H and O–H groups in total. The lowest BCUT2D eigenvalue weighted by atomic mass is 10.2. The van der Waals surface area contributed by atoms with Crippen molar-refractivity contribution in [1.29, 1.82) is 0 Å². The van der Waals surface area contributed by atoms with Crippen LogP contribution in [0.2, 0.25) is 0 Å². The molecule has 0 spiro atoms. The molecule has 154 valence electrons. The zero-order chi connectivity index (χ0) is 21.2. The normalized spacial score (nSPS) is 10.6. The van der Waals surface area contributed by atoms with Gasteiger partial charge in [0.2, 0.25) is 5.91 Å². The van der Waals surface area contributed by atoms with Crippen molar-refractivity contribution in [2.24, 2.45) is 0 Å². The molecular weight excluding hydrogens is 396 g/mol. The van der Waals surface area contributed by atoms with Crippen LogP contribution in [0.15, 0.2) is 35.7 Å². The van der Waals surface area contributed by atoms with Gasteiger partial charge in [-0.25, -0.2) is 4.98 Å². The summed E-state index contributed by atoms with van der Waals surface area (Å²) in [5, 5.41) is 2.88. The van der Waals surface area contributed by atoms with Gasteiger partial charge < -0.3 is 19.1 Å². The highest BCUT2D eigenvalue weighted by molar-refractivity contribution is 7.09. The molecule has 8 nitrogen and oxygen atoms in total. The van der Waals surface area contributed by atoms with E-state index in [-0.39, 0.29) is 13.1 Å². The first-order valence-electron chi connectivity index (χ1n) is 8.66. The number of nitrogens with zero attached hydrogens (tertiary/aromatic N) is 2. The number of aryl methyl sites for hydroxylation is 1. The monoisotopic (exact) mass is 418 g/mol. The molecule has 0 radical (unpaired) electrons. The molecule has 0 aliphatic rings. The van der Waals surface area contributed by atoms with E-state index >= 15 is 0 Å². The minimum Gasteiger partial charge on any atom is -0.487 e. The van der Waals surface area contributed by atoms with Crippen molar-refractivity contribution in [3.8, 4) is 5.75 Å². The summed E-state index contributed by atoms with van der Waals surface area (Å²) in [5.41, 5.74) is 1.49. The summed E-state index contributed by atoms with van der Waals surface area (Å²) in [5.74, 6) is -1.24. The van der Waals surface area contributed by atoms with Gasteiger partial charge in [0.05, 0.1) is 24.9 Å². The molecule has 0 atom stereocenters. The maximum Gasteiger partial charge on any atom is 0.325 e. The number of hydrogen-bond donors (Lipinski definition) is 0. The lowest BCUT2D eigenvalue weighted by Gasteiger charge is -2.18. The highest BCUT2D eigenvalue weighted by atomic mass is 32.1. The van der Waals surface area contributed by atoms with E-state index in [0.717, 1.165) is 15.6 Å². The van der Waals surface area contributed by atoms with E-state index < -0.39 is 17.8 Å². The largest absolute Gasteiger partial charge is 0.487 e. The zero-order valence-electron chi connectivity index (χ0n) is 16.4. The van der Waals surface area contributed by atoms with Crippen molar-refractivity contribution in [2.75, 3.05) is 27.3 Å². The Kier molecular flexibility index (Phi) is 8.35. The smallest absolute Gasteiger partial charge is 0.325 e. The summed E-state index contributed by atoms with van der Waals surface area (Å²) >= 11 is 1.54. The number of para-hydroxylation sites is 1. The summed E-state index contributed by atoms with van der Waals surface area (Å²) in [4.78, 5) is 40.9. The third-order valence-corrected chi connectivity index (χ3v) is 4.60. The number of aromatic nitrogens is 1. The van der Waals surface area contributed by atoms with Gasteiger partial charge in [-0.15, -0.1) is 11.3 Å². The Labute approximate surface area is 172 Å². The fourth-order valence-corrected chi connectivity index (χ4v) is 2.89. The van der Waals surface area contributed by atoms with Gasteiger partial charge in [0.25, 0.3) is 0 Å². The molecule has 0 aliphatic carbocycles. The number of carbonyl (C=O) groups is 3. The molecule has 1 aromatic carbocycles. The highest BCUT2D eigenvalue weighted by Gasteiger charge is 2.19. The van der Waals surface area contributed by atoms with Crippen LogP contribution in [-0.4, -0.2) is 55.0 Å². The molecule has 1 aromatic heterocycles. The molecule has 1 amide bonds. The second kappa shape index (κ2) is 11.0. The van der Waals surface area contributed by atoms with Crippen molar-refractivity contribution in [3.63, 3.8) is 0 Å². The minimum absolute atomic E-state index is 0.306. The second-order valence-electron chi connectivity index (χ2n) is 5.86. The van der Waals surface area contributed by atoms with E-state index in [1.54, 1.807) is 29.5 Å². The summed E-state index contributed by atoms with van der Waals surface area (Å²) in [6.07, 6.45) is 2.83. The van der Waals surface area contributed by atoms with Crippen LogP contribution in [0.4, 0.5) is 0 Å². The third kappa shape index (κ3) is 7.04. The SMILES string of the molecule is COC(=O)CN(CC(=O)OC)C(=O)/C=C/c1ccccc1OCc1csc(C)n1. The third-order valence-electron chi connectivity index (χ3n) is 3.77. The maximum absolute atomic E-state index is 12.5. The van der Waals surface area contributed by atoms with Crippen LogP contribution in [0, 0.1) is 6.92 Å². The molecular formula is C20H22N2O6S. The number of hydrogen-bond acceptors (Lipinski definition) is 8. The van der Waals surface area contributed by atoms with E-state index in [4.69, 9.17) is 4.74 Å². The van der Waals surface area contributed by atoms with Gasteiger partial charge >= 0.3 is 11.9 Å². The topological polar surface area (TPSA) is 95.0 Å². The molecule has 29 heavy (non-hydrogen) atoms. The number of carbonyl (C=O) groups excluding carboxylic acids is 3. The van der Waals surface area contributed by atoms with Crippen LogP contribution in [0.1, 0.15) is 16.3 Å². The van der Waals surface area contributed by atoms with Crippen molar-refractivity contribution >= 4 is 35.3 Å². The van der Waals surface area contributed by atoms with Crippen LogP contribution in [0.25, 0.3) is 6.08 Å². The molecule has 2 aromatic rings. The molecule has 0 bridgehead atoms. The maximum atomic E-state index is 12.5. The number of amides is 1. The number of benzene rings is 1. The van der Waals surface area contributed by atoms with Gasteiger partial charge in [-0.1, -0.05) is 18.2 Å². The Hall–Kier alpha value is -3.20. The lowest BCUT2D eigenvalue weighted by molar-refractivity contribution is -0.150. The Balaban J connectivity index is 2.10. The molecule has 2 rings (SSSR count). The van der Waals surface area contributed by atoms with Crippen LogP contribution in [-0.2, 0) is 30.5 Å². The van der Waals surface area contributed by atoms with E-state index in [2.05, 4.69) is 14.5 Å². The summed E-state index contributed by atoms with van der Waals surface area (Å²) in [7, 11) is 2.41. The van der Waals surface area contributed by atoms with Gasteiger partial charge in [0.1, 0.15) is 25.4 Å². The molecule has 0 aliphatic heterocycles. The zero-order valence-corrected chi connectivity index (χ0v) is 17.2. The number of rotatable bonds is 9. The summed E-state index contributed by atoms with van der Waals surface area (Å²) in [6, 6.07) is 7.20. The average molecular weight is 418 g/mol. The highest BCUT2D eigenvalue weighted by Crippen LogP contribution is 2.21. The predicted molar refractivity (Wildman–Crippen MR) is 107 cm³/mol. The van der Waals surface area contributed by atoms with Crippen molar-refractivity contribution in [3.05, 3.63) is 52.0 Å². The van der Waals surface area contributed by atoms with Crippen LogP contribution >= 0.6 is 11.3 Å². The van der Waals surface area contributed by atoms with Gasteiger partial charge in [-0.3, -0.25) is 14.4 Å². The van der Waals surface area contributed by atoms with Crippen molar-refractivity contribution < 1.29 is 28.6 Å². The first-order chi connectivity index (χ1) is 13.9. The predicted octanol–water partition coefficient (Wildman–Crippen LogP) is 2.22. The van der Waals surface area contributed by atoms with Crippen molar-refractivity contribution in [2.45, 2.75) is 13.5 Å². The summed E-state index contributed by atoms with van der Waals surface area (Å²) < 4.78 is 15.0. The molecule has 0 saturated heterocycles. The lowest BCUT2D eigenvalue weighted by Crippen LogP contribution is -2.39. The van der Waals surface area contributed by atoms with Gasteiger partial charge in [-0.2, -0.15) is 0 Å². The fraction of sp³-hybridized carbons (Fsp3) is 0.300. The standard InChI is InChI=1S/C20H22N2O6S/c1-14-21-16(13-29-14)12-28-17-7-5-4-6-15(17)8-9-18(23)22(10-19(24)26-2)11-20(25)27-3/h4-9,13H,10-12H2,1-3H3/b9-8+. The quantitative estimate of drug-likeness (QED) is 0.455. The number of ether oxygens (including phenoxy) is 3. The van der Waals surface area contributed by atoms with Gasteiger partial charge in [-0.05, 0) is 19.1 Å².